The molecule has 3 rings (SSSR count). The van der Waals surface area contributed by atoms with Gasteiger partial charge in [0, 0.05) is 22.0 Å². The lowest BCUT2D eigenvalue weighted by molar-refractivity contribution is -0.125. The molecule has 1 saturated carbocycles. The van der Waals surface area contributed by atoms with Gasteiger partial charge in [0.2, 0.25) is 0 Å². The zero-order valence-corrected chi connectivity index (χ0v) is 13.1. The first kappa shape index (κ1) is 13.6. The smallest absolute Gasteiger partial charge is 0.0694 e. The average Bonchev–Trinajstić information content (AvgIpc) is 2.39. The Morgan fingerprint density at radius 2 is 2.21 bits per heavy atom. The number of hydrogen-bond donors (Lipinski definition) is 1. The molecule has 1 aliphatic carbocycles. The van der Waals surface area contributed by atoms with E-state index in [0.29, 0.717) is 5.69 Å². The molecule has 2 aliphatic rings. The number of benzene rings is 1. The van der Waals surface area contributed by atoms with Crippen molar-refractivity contribution in [3.63, 3.8) is 0 Å². The van der Waals surface area contributed by atoms with Crippen molar-refractivity contribution in [3.05, 3.63) is 22.7 Å². The van der Waals surface area contributed by atoms with Crippen molar-refractivity contribution in [2.24, 2.45) is 0 Å². The monoisotopic (exact) mass is 343 g/mol. The van der Waals surface area contributed by atoms with Gasteiger partial charge in [-0.25, -0.2) is 0 Å². The van der Waals surface area contributed by atoms with Gasteiger partial charge in [0.05, 0.1) is 21.3 Å². The van der Waals surface area contributed by atoms with Crippen LogP contribution in [0.15, 0.2) is 27.6 Å². The normalized spacial score (nSPS) is 26.9. The van der Waals surface area contributed by atoms with Crippen LogP contribution >= 0.6 is 15.9 Å². The van der Waals surface area contributed by atoms with Crippen LogP contribution < -0.4 is 5.73 Å². The summed E-state index contributed by atoms with van der Waals surface area (Å²) < 4.78 is 19.6. The van der Waals surface area contributed by atoms with Crippen molar-refractivity contribution < 1.29 is 8.95 Å². The predicted octanol–water partition coefficient (Wildman–Crippen LogP) is 3.24. The van der Waals surface area contributed by atoms with E-state index in [1.807, 2.05) is 18.2 Å². The van der Waals surface area contributed by atoms with Crippen molar-refractivity contribution >= 4 is 32.4 Å². The third kappa shape index (κ3) is 2.60. The van der Waals surface area contributed by atoms with Gasteiger partial charge in [-0.05, 0) is 50.3 Å². The maximum absolute atomic E-state index is 12.8. The van der Waals surface area contributed by atoms with Crippen molar-refractivity contribution in [1.82, 2.24) is 0 Å². The summed E-state index contributed by atoms with van der Waals surface area (Å²) >= 11 is 3.42. The van der Waals surface area contributed by atoms with Gasteiger partial charge in [-0.15, -0.1) is 0 Å². The van der Waals surface area contributed by atoms with Crippen LogP contribution in [0.2, 0.25) is 0 Å². The first-order valence-electron chi connectivity index (χ1n) is 6.69. The fraction of sp³-hybridized carbons (Fsp3) is 0.571. The molecule has 1 aromatic rings. The number of halogens is 1. The largest absolute Gasteiger partial charge is 0.398 e. The highest BCUT2D eigenvalue weighted by Crippen LogP contribution is 2.44. The summed E-state index contributed by atoms with van der Waals surface area (Å²) in [4.78, 5) is 0.760. The molecule has 1 saturated heterocycles. The molecular weight excluding hydrogens is 326 g/mol. The van der Waals surface area contributed by atoms with E-state index in [-0.39, 0.29) is 10.9 Å². The summed E-state index contributed by atoms with van der Waals surface area (Å²) in [6, 6.07) is 5.58. The van der Waals surface area contributed by atoms with Crippen molar-refractivity contribution in [3.8, 4) is 0 Å². The highest BCUT2D eigenvalue weighted by molar-refractivity contribution is 9.10. The zero-order valence-electron chi connectivity index (χ0n) is 10.7. The molecule has 1 aliphatic heterocycles. The highest BCUT2D eigenvalue weighted by Gasteiger charge is 2.44. The SMILES string of the molecule is Nc1ccc(Br)cc1S(=O)C1CCOC2(CCC2)C1. The predicted molar refractivity (Wildman–Crippen MR) is 80.5 cm³/mol. The average molecular weight is 344 g/mol. The lowest BCUT2D eigenvalue weighted by Crippen LogP contribution is -2.48. The maximum atomic E-state index is 12.8. The summed E-state index contributed by atoms with van der Waals surface area (Å²) in [5, 5.41) is 0.172. The van der Waals surface area contributed by atoms with Crippen molar-refractivity contribution in [1.29, 1.82) is 0 Å². The maximum Gasteiger partial charge on any atom is 0.0694 e. The van der Waals surface area contributed by atoms with Crippen LogP contribution in [0.25, 0.3) is 0 Å². The van der Waals surface area contributed by atoms with Crippen LogP contribution in [0.3, 0.4) is 0 Å². The molecule has 2 fully saturated rings. The molecule has 0 aromatic heterocycles. The molecule has 5 heteroatoms. The summed E-state index contributed by atoms with van der Waals surface area (Å²) in [6.07, 6.45) is 5.24. The van der Waals surface area contributed by atoms with Crippen LogP contribution in [-0.2, 0) is 15.5 Å². The molecule has 3 nitrogen and oxygen atoms in total. The zero-order chi connectivity index (χ0) is 13.5. The first-order chi connectivity index (χ1) is 9.10. The molecule has 2 unspecified atom stereocenters. The highest BCUT2D eigenvalue weighted by atomic mass is 79.9. The number of anilines is 1. The van der Waals surface area contributed by atoms with Crippen LogP contribution in [0.4, 0.5) is 5.69 Å². The van der Waals surface area contributed by atoms with Gasteiger partial charge in [0.25, 0.3) is 0 Å². The van der Waals surface area contributed by atoms with Gasteiger partial charge >= 0.3 is 0 Å². The molecule has 104 valence electrons. The molecule has 0 bridgehead atoms. The lowest BCUT2D eigenvalue weighted by atomic mass is 9.75. The van der Waals surface area contributed by atoms with E-state index < -0.39 is 10.8 Å². The number of nitrogens with two attached hydrogens (primary N) is 1. The van der Waals surface area contributed by atoms with Gasteiger partial charge < -0.3 is 10.5 Å². The molecule has 1 spiro atoms. The standard InChI is InChI=1S/C14H18BrNO2S/c15-10-2-3-12(16)13(8-10)19(17)11-4-7-18-14(9-11)5-1-6-14/h2-3,8,11H,1,4-7,9,16H2. The second kappa shape index (κ2) is 5.19. The van der Waals surface area contributed by atoms with Crippen LogP contribution in [0.1, 0.15) is 32.1 Å². The van der Waals surface area contributed by atoms with E-state index in [1.165, 1.54) is 6.42 Å². The Kier molecular flexibility index (Phi) is 3.71. The Morgan fingerprint density at radius 1 is 1.42 bits per heavy atom. The molecule has 0 radical (unpaired) electrons. The van der Waals surface area contributed by atoms with Crippen molar-refractivity contribution in [2.75, 3.05) is 12.3 Å². The van der Waals surface area contributed by atoms with E-state index in [9.17, 15) is 4.21 Å². The molecule has 0 amide bonds. The van der Waals surface area contributed by atoms with E-state index in [0.717, 1.165) is 41.7 Å². The number of ether oxygens (including phenoxy) is 1. The fourth-order valence-corrected chi connectivity index (χ4v) is 5.13. The van der Waals surface area contributed by atoms with Gasteiger partial charge in [0.15, 0.2) is 0 Å². The summed E-state index contributed by atoms with van der Waals surface area (Å²) in [5.41, 5.74) is 6.61. The summed E-state index contributed by atoms with van der Waals surface area (Å²) in [5.74, 6) is 0. The minimum atomic E-state index is -1.04. The quantitative estimate of drug-likeness (QED) is 0.838. The van der Waals surface area contributed by atoms with E-state index >= 15 is 0 Å². The van der Waals surface area contributed by atoms with Gasteiger partial charge in [-0.1, -0.05) is 15.9 Å². The topological polar surface area (TPSA) is 52.3 Å². The van der Waals surface area contributed by atoms with Crippen molar-refractivity contribution in [2.45, 2.75) is 47.9 Å². The molecule has 19 heavy (non-hydrogen) atoms. The van der Waals surface area contributed by atoms with E-state index in [2.05, 4.69) is 15.9 Å². The van der Waals surface area contributed by atoms with Gasteiger partial charge in [-0.2, -0.15) is 0 Å². The van der Waals surface area contributed by atoms with Gasteiger partial charge in [0.1, 0.15) is 0 Å². The van der Waals surface area contributed by atoms with Crippen LogP contribution in [0, 0.1) is 0 Å². The number of hydrogen-bond acceptors (Lipinski definition) is 3. The summed E-state index contributed by atoms with van der Waals surface area (Å²) in [7, 11) is -1.04. The molecule has 2 N–H and O–H groups in total. The van der Waals surface area contributed by atoms with Gasteiger partial charge in [-0.3, -0.25) is 4.21 Å². The Labute approximate surface area is 124 Å². The molecule has 2 atom stereocenters. The number of rotatable bonds is 2. The van der Waals surface area contributed by atoms with E-state index in [1.54, 1.807) is 0 Å². The fourth-order valence-electron chi connectivity index (χ4n) is 2.95. The Balaban J connectivity index is 1.81. The lowest BCUT2D eigenvalue weighted by Gasteiger charge is -2.46. The summed E-state index contributed by atoms with van der Waals surface area (Å²) in [6.45, 7) is 0.727. The Bertz CT molecular complexity index is 516. The Hall–Kier alpha value is -0.390. The second-order valence-electron chi connectivity index (χ2n) is 5.48. The molecule has 1 heterocycles. The van der Waals surface area contributed by atoms with Crippen LogP contribution in [0.5, 0.6) is 0 Å². The third-order valence-electron chi connectivity index (χ3n) is 4.21. The molecular formula is C14H18BrNO2S. The molecule has 1 aromatic carbocycles. The van der Waals surface area contributed by atoms with Crippen LogP contribution in [-0.4, -0.2) is 21.7 Å². The second-order valence-corrected chi connectivity index (χ2v) is 8.10. The third-order valence-corrected chi connectivity index (χ3v) is 6.50. The number of nitrogen functional groups attached to an aromatic ring is 1. The minimum absolute atomic E-state index is 0.0271. The van der Waals surface area contributed by atoms with E-state index in [4.69, 9.17) is 10.5 Å². The first-order valence-corrected chi connectivity index (χ1v) is 8.70. The minimum Gasteiger partial charge on any atom is -0.398 e. The Morgan fingerprint density at radius 3 is 2.89 bits per heavy atom.